The lowest BCUT2D eigenvalue weighted by Gasteiger charge is -2.37. The molecule has 1 aliphatic heterocycles. The lowest BCUT2D eigenvalue weighted by Crippen LogP contribution is -2.41. The molecule has 1 fully saturated rings. The Morgan fingerprint density at radius 2 is 2.07 bits per heavy atom. The molecule has 1 aromatic heterocycles. The predicted molar refractivity (Wildman–Crippen MR) is 111 cm³/mol. The zero-order valence-electron chi connectivity index (χ0n) is 15.8. The summed E-state index contributed by atoms with van der Waals surface area (Å²) in [4.78, 5) is 17.5. The fraction of sp³-hybridized carbons (Fsp3) is 0.273. The van der Waals surface area contributed by atoms with Gasteiger partial charge in [0, 0.05) is 47.2 Å². The average Bonchev–Trinajstić information content (AvgIpc) is 2.68. The Labute approximate surface area is 172 Å². The third-order valence-corrected chi connectivity index (χ3v) is 5.59. The Hall–Kier alpha value is -2.73. The maximum absolute atomic E-state index is 14.2. The molecular weight excluding hydrogens is 396 g/mol. The molecule has 1 saturated heterocycles. The van der Waals surface area contributed by atoms with E-state index in [0.717, 1.165) is 22.0 Å². The molecule has 0 saturated carbocycles. The molecule has 1 N–H and O–H groups in total. The van der Waals surface area contributed by atoms with Gasteiger partial charge in [-0.1, -0.05) is 35.9 Å². The van der Waals surface area contributed by atoms with E-state index in [1.54, 1.807) is 18.3 Å². The van der Waals surface area contributed by atoms with Gasteiger partial charge < -0.3 is 10.2 Å². The number of rotatable bonds is 4. The van der Waals surface area contributed by atoms with E-state index in [1.807, 2.05) is 37.3 Å². The predicted octanol–water partition coefficient (Wildman–Crippen LogP) is 5.87. The highest BCUT2D eigenvalue weighted by atomic mass is 35.5. The van der Waals surface area contributed by atoms with Crippen molar-refractivity contribution >= 4 is 40.3 Å². The first-order chi connectivity index (χ1) is 13.9. The fourth-order valence-corrected chi connectivity index (χ4v) is 4.13. The molecule has 1 unspecified atom stereocenters. The summed E-state index contributed by atoms with van der Waals surface area (Å²) in [6.45, 7) is 1.96. The molecule has 1 aliphatic rings. The van der Waals surface area contributed by atoms with E-state index in [-0.39, 0.29) is 13.0 Å². The fourth-order valence-electron chi connectivity index (χ4n) is 3.94. The highest BCUT2D eigenvalue weighted by Gasteiger charge is 2.41. The van der Waals surface area contributed by atoms with Gasteiger partial charge in [0.15, 0.2) is 0 Å². The molecule has 4 rings (SSSR count). The largest absolute Gasteiger partial charge is 0.340 e. The Morgan fingerprint density at radius 1 is 1.28 bits per heavy atom. The summed E-state index contributed by atoms with van der Waals surface area (Å²) in [7, 11) is 0. The van der Waals surface area contributed by atoms with Gasteiger partial charge >= 0.3 is 0 Å². The molecule has 1 amide bonds. The van der Waals surface area contributed by atoms with Crippen LogP contribution in [-0.2, 0) is 4.79 Å². The van der Waals surface area contributed by atoms with Crippen molar-refractivity contribution in [3.63, 3.8) is 0 Å². The number of halogens is 3. The number of carbonyl (C=O) groups is 1. The summed E-state index contributed by atoms with van der Waals surface area (Å²) in [6, 6.07) is 12.3. The Morgan fingerprint density at radius 3 is 2.83 bits per heavy atom. The number of fused-ring (bicyclic) bond motifs is 1. The number of nitrogens with zero attached hydrogens (tertiary/aromatic N) is 2. The van der Waals surface area contributed by atoms with Gasteiger partial charge in [-0.3, -0.25) is 4.79 Å². The van der Waals surface area contributed by atoms with Crippen molar-refractivity contribution in [3.05, 3.63) is 64.8 Å². The van der Waals surface area contributed by atoms with Gasteiger partial charge in [0.1, 0.15) is 5.82 Å². The second kappa shape index (κ2) is 7.59. The van der Waals surface area contributed by atoms with Crippen LogP contribution in [0.15, 0.2) is 48.7 Å². The van der Waals surface area contributed by atoms with Crippen LogP contribution in [0, 0.1) is 6.92 Å². The van der Waals surface area contributed by atoms with Crippen LogP contribution >= 0.6 is 11.6 Å². The number of anilines is 2. The van der Waals surface area contributed by atoms with Gasteiger partial charge in [0.2, 0.25) is 6.41 Å². The van der Waals surface area contributed by atoms with Crippen molar-refractivity contribution in [3.8, 4) is 0 Å². The van der Waals surface area contributed by atoms with Crippen LogP contribution in [0.25, 0.3) is 10.8 Å². The van der Waals surface area contributed by atoms with Gasteiger partial charge in [-0.15, -0.1) is 0 Å². The number of nitrogens with one attached hydrogen (secondary N) is 1. The lowest BCUT2D eigenvalue weighted by molar-refractivity contribution is -0.130. The minimum atomic E-state index is -2.81. The molecule has 1 atom stereocenters. The first-order valence-corrected chi connectivity index (χ1v) is 9.75. The van der Waals surface area contributed by atoms with Crippen LogP contribution in [-0.4, -0.2) is 28.8 Å². The number of benzene rings is 2. The van der Waals surface area contributed by atoms with Crippen molar-refractivity contribution < 1.29 is 13.6 Å². The van der Waals surface area contributed by atoms with E-state index in [4.69, 9.17) is 11.6 Å². The zero-order valence-corrected chi connectivity index (χ0v) is 16.6. The SMILES string of the molecule is Cc1cccc2c(Nc3cccc(Cl)c3)ncc(C3CC(F)(F)CCN3C=O)c12. The summed E-state index contributed by atoms with van der Waals surface area (Å²) in [5.74, 6) is -2.20. The van der Waals surface area contributed by atoms with Crippen molar-refractivity contribution in [1.29, 1.82) is 0 Å². The van der Waals surface area contributed by atoms with E-state index < -0.39 is 18.4 Å². The first-order valence-electron chi connectivity index (χ1n) is 9.38. The Kier molecular flexibility index (Phi) is 5.13. The van der Waals surface area contributed by atoms with Gasteiger partial charge in [-0.05, 0) is 36.1 Å². The van der Waals surface area contributed by atoms with Crippen LogP contribution in [0.1, 0.15) is 30.0 Å². The molecule has 2 aromatic carbocycles. The monoisotopic (exact) mass is 415 g/mol. The zero-order chi connectivity index (χ0) is 20.6. The smallest absolute Gasteiger partial charge is 0.252 e. The second-order valence-electron chi connectivity index (χ2n) is 7.36. The van der Waals surface area contributed by atoms with Crippen molar-refractivity contribution in [2.24, 2.45) is 0 Å². The summed E-state index contributed by atoms with van der Waals surface area (Å²) in [6.07, 6.45) is 1.53. The third-order valence-electron chi connectivity index (χ3n) is 5.36. The molecular formula is C22H20ClF2N3O. The summed E-state index contributed by atoms with van der Waals surface area (Å²) in [5, 5.41) is 5.50. The molecule has 4 nitrogen and oxygen atoms in total. The number of aryl methyl sites for hydroxylation is 1. The van der Waals surface area contributed by atoms with Gasteiger partial charge in [-0.2, -0.15) is 0 Å². The van der Waals surface area contributed by atoms with Crippen LogP contribution in [0.3, 0.4) is 0 Å². The molecule has 0 radical (unpaired) electrons. The van der Waals surface area contributed by atoms with Crippen LogP contribution < -0.4 is 5.32 Å². The van der Waals surface area contributed by atoms with E-state index in [0.29, 0.717) is 22.8 Å². The molecule has 0 spiro atoms. The van der Waals surface area contributed by atoms with E-state index in [9.17, 15) is 13.6 Å². The van der Waals surface area contributed by atoms with Crippen LogP contribution in [0.5, 0.6) is 0 Å². The summed E-state index contributed by atoms with van der Waals surface area (Å²) in [5.41, 5.74) is 2.36. The molecule has 29 heavy (non-hydrogen) atoms. The summed E-state index contributed by atoms with van der Waals surface area (Å²) >= 11 is 6.07. The number of hydrogen-bond acceptors (Lipinski definition) is 3. The normalized spacial score (nSPS) is 18.6. The molecule has 0 bridgehead atoms. The Balaban J connectivity index is 1.83. The summed E-state index contributed by atoms with van der Waals surface area (Å²) < 4.78 is 28.3. The molecule has 0 aliphatic carbocycles. The van der Waals surface area contributed by atoms with Crippen molar-refractivity contribution in [1.82, 2.24) is 9.88 Å². The average molecular weight is 416 g/mol. The van der Waals surface area contributed by atoms with Gasteiger partial charge in [0.05, 0.1) is 6.04 Å². The number of likely N-dealkylation sites (tertiary alicyclic amines) is 1. The number of aromatic nitrogens is 1. The maximum Gasteiger partial charge on any atom is 0.252 e. The topological polar surface area (TPSA) is 45.2 Å². The Bertz CT molecular complexity index is 1070. The number of carbonyl (C=O) groups excluding carboxylic acids is 1. The van der Waals surface area contributed by atoms with Gasteiger partial charge in [-0.25, -0.2) is 13.8 Å². The number of piperidine rings is 1. The van der Waals surface area contributed by atoms with Gasteiger partial charge in [0.25, 0.3) is 5.92 Å². The second-order valence-corrected chi connectivity index (χ2v) is 7.80. The van der Waals surface area contributed by atoms with Crippen LogP contribution in [0.2, 0.25) is 5.02 Å². The first kappa shape index (κ1) is 19.6. The lowest BCUT2D eigenvalue weighted by atomic mass is 9.89. The minimum Gasteiger partial charge on any atom is -0.340 e. The number of amides is 1. The van der Waals surface area contributed by atoms with Crippen molar-refractivity contribution in [2.75, 3.05) is 11.9 Å². The van der Waals surface area contributed by atoms with Crippen molar-refractivity contribution in [2.45, 2.75) is 31.7 Å². The highest BCUT2D eigenvalue weighted by Crippen LogP contribution is 2.42. The minimum absolute atomic E-state index is 0.0249. The quantitative estimate of drug-likeness (QED) is 0.542. The van der Waals surface area contributed by atoms with E-state index in [2.05, 4.69) is 10.3 Å². The van der Waals surface area contributed by atoms with Crippen LogP contribution in [0.4, 0.5) is 20.3 Å². The number of hydrogen-bond donors (Lipinski definition) is 1. The van der Waals surface area contributed by atoms with E-state index >= 15 is 0 Å². The molecule has 3 aromatic rings. The molecule has 150 valence electrons. The molecule has 7 heteroatoms. The standard InChI is InChI=1S/C22H20ClF2N3O/c1-14-4-2-7-17-20(14)18(19-11-22(24,25)8-9-28(19)13-29)12-26-21(17)27-16-6-3-5-15(23)10-16/h2-7,10,12-13,19H,8-9,11H2,1H3,(H,26,27). The third kappa shape index (κ3) is 3.90. The number of pyridine rings is 1. The highest BCUT2D eigenvalue weighted by molar-refractivity contribution is 6.30. The number of alkyl halides is 2. The van der Waals surface area contributed by atoms with E-state index in [1.165, 1.54) is 4.90 Å². The maximum atomic E-state index is 14.2. The molecule has 2 heterocycles.